The lowest BCUT2D eigenvalue weighted by Gasteiger charge is -2.43. The number of amides is 1. The molecule has 158 valence electrons. The van der Waals surface area contributed by atoms with E-state index in [2.05, 4.69) is 12.1 Å². The average Bonchev–Trinajstić information content (AvgIpc) is 3.10. The Bertz CT molecular complexity index is 1210. The Balaban J connectivity index is 1.37. The Hall–Kier alpha value is -2.45. The van der Waals surface area contributed by atoms with Gasteiger partial charge in [-0.3, -0.25) is 9.59 Å². The number of likely N-dealkylation sites (tertiary alicyclic amines) is 1. The first-order valence-electron chi connectivity index (χ1n) is 10.4. The van der Waals surface area contributed by atoms with E-state index in [1.54, 1.807) is 7.11 Å². The van der Waals surface area contributed by atoms with Crippen molar-refractivity contribution in [2.24, 2.45) is 0 Å². The highest BCUT2D eigenvalue weighted by Crippen LogP contribution is 2.49. The Labute approximate surface area is 190 Å². The van der Waals surface area contributed by atoms with Gasteiger partial charge in [-0.15, -0.1) is 23.1 Å². The van der Waals surface area contributed by atoms with Crippen molar-refractivity contribution in [1.82, 2.24) is 4.90 Å². The minimum Gasteiger partial charge on any atom is -0.495 e. The molecule has 2 aromatic carbocycles. The van der Waals surface area contributed by atoms with Crippen LogP contribution in [0.5, 0.6) is 5.75 Å². The van der Waals surface area contributed by atoms with E-state index in [1.165, 1.54) is 11.3 Å². The minimum atomic E-state index is -0.123. The molecule has 2 N–H and O–H groups in total. The van der Waals surface area contributed by atoms with Gasteiger partial charge in [0.05, 0.1) is 22.4 Å². The molecule has 0 unspecified atom stereocenters. The standard InChI is InChI=1S/C23H23BN2O3S2/c1-29-17-4-2-3-14-19(21(25)30-20(14)17)22(28)26-9-7-23(8-10-26)12-16(27)15-11-13(24)5-6-18(15)31-23/h2-6,11H,7-10,12,24-25H2,1H3. The van der Waals surface area contributed by atoms with Crippen molar-refractivity contribution in [3.8, 4) is 5.75 Å². The van der Waals surface area contributed by atoms with Gasteiger partial charge in [-0.05, 0) is 25.0 Å². The summed E-state index contributed by atoms with van der Waals surface area (Å²) in [5.41, 5.74) is 8.80. The summed E-state index contributed by atoms with van der Waals surface area (Å²) in [5, 5.41) is 1.37. The topological polar surface area (TPSA) is 72.6 Å². The summed E-state index contributed by atoms with van der Waals surface area (Å²) in [7, 11) is 3.64. The van der Waals surface area contributed by atoms with Crippen LogP contribution < -0.4 is 15.9 Å². The molecule has 5 nitrogen and oxygen atoms in total. The molecule has 1 saturated heterocycles. The molecular weight excluding hydrogens is 427 g/mol. The van der Waals surface area contributed by atoms with Gasteiger partial charge >= 0.3 is 0 Å². The van der Waals surface area contributed by atoms with Crippen LogP contribution in [-0.2, 0) is 0 Å². The maximum absolute atomic E-state index is 13.4. The third-order valence-corrected chi connectivity index (χ3v) is 8.96. The van der Waals surface area contributed by atoms with Crippen molar-refractivity contribution < 1.29 is 14.3 Å². The van der Waals surface area contributed by atoms with Crippen LogP contribution in [0.15, 0.2) is 41.3 Å². The number of carbonyl (C=O) groups is 2. The Morgan fingerprint density at radius 1 is 1.23 bits per heavy atom. The highest BCUT2D eigenvalue weighted by atomic mass is 32.2. The normalized spacial score (nSPS) is 17.7. The summed E-state index contributed by atoms with van der Waals surface area (Å²) in [6.07, 6.45) is 2.14. The van der Waals surface area contributed by atoms with Crippen molar-refractivity contribution in [3.63, 3.8) is 0 Å². The van der Waals surface area contributed by atoms with Gasteiger partial charge in [0.25, 0.3) is 5.91 Å². The molecule has 1 fully saturated rings. The number of thiophene rings is 1. The highest BCUT2D eigenvalue weighted by molar-refractivity contribution is 8.01. The van der Waals surface area contributed by atoms with E-state index in [4.69, 9.17) is 10.5 Å². The molecule has 0 aliphatic carbocycles. The predicted molar refractivity (Wildman–Crippen MR) is 130 cm³/mol. The Kier molecular flexibility index (Phi) is 5.02. The van der Waals surface area contributed by atoms with Crippen LogP contribution >= 0.6 is 23.1 Å². The number of methoxy groups -OCH3 is 1. The predicted octanol–water partition coefficient (Wildman–Crippen LogP) is 3.10. The number of carbonyl (C=O) groups excluding carboxylic acids is 2. The van der Waals surface area contributed by atoms with Gasteiger partial charge < -0.3 is 15.4 Å². The monoisotopic (exact) mass is 450 g/mol. The van der Waals surface area contributed by atoms with E-state index in [-0.39, 0.29) is 16.4 Å². The number of rotatable bonds is 2. The fraction of sp³-hybridized carbons (Fsp3) is 0.304. The number of nitrogen functional groups attached to an aromatic ring is 1. The van der Waals surface area contributed by atoms with Crippen molar-refractivity contribution in [3.05, 3.63) is 47.5 Å². The van der Waals surface area contributed by atoms with Crippen molar-refractivity contribution in [2.45, 2.75) is 28.9 Å². The van der Waals surface area contributed by atoms with Gasteiger partial charge in [0.1, 0.15) is 13.6 Å². The van der Waals surface area contributed by atoms with Crippen LogP contribution in [0.3, 0.4) is 0 Å². The van der Waals surface area contributed by atoms with E-state index in [0.29, 0.717) is 30.1 Å². The number of benzene rings is 2. The lowest BCUT2D eigenvalue weighted by molar-refractivity contribution is 0.0699. The third kappa shape index (κ3) is 3.42. The molecule has 2 aliphatic rings. The minimum absolute atomic E-state index is 0.0324. The fourth-order valence-corrected chi connectivity index (χ4v) is 7.18. The van der Waals surface area contributed by atoms with Crippen molar-refractivity contribution in [2.75, 3.05) is 25.9 Å². The van der Waals surface area contributed by atoms with Crippen molar-refractivity contribution >= 4 is 63.2 Å². The highest BCUT2D eigenvalue weighted by Gasteiger charge is 2.43. The average molecular weight is 450 g/mol. The van der Waals surface area contributed by atoms with Gasteiger partial charge in [0, 0.05) is 40.1 Å². The van der Waals surface area contributed by atoms with E-state index in [9.17, 15) is 9.59 Å². The zero-order valence-electron chi connectivity index (χ0n) is 17.6. The van der Waals surface area contributed by atoms with Gasteiger partial charge in [-0.2, -0.15) is 0 Å². The largest absolute Gasteiger partial charge is 0.495 e. The number of anilines is 1. The second kappa shape index (κ2) is 7.60. The zero-order valence-corrected chi connectivity index (χ0v) is 19.2. The molecule has 0 saturated carbocycles. The molecule has 1 amide bonds. The molecule has 8 heteroatoms. The first kappa shape index (κ1) is 20.5. The molecule has 0 bridgehead atoms. The molecule has 1 spiro atoms. The van der Waals surface area contributed by atoms with Crippen molar-refractivity contribution in [1.29, 1.82) is 0 Å². The second-order valence-corrected chi connectivity index (χ2v) is 10.9. The molecule has 1 aromatic heterocycles. The lowest BCUT2D eigenvalue weighted by atomic mass is 9.86. The summed E-state index contributed by atoms with van der Waals surface area (Å²) in [6.45, 7) is 1.25. The number of nitrogens with two attached hydrogens (primary N) is 1. The summed E-state index contributed by atoms with van der Waals surface area (Å²) >= 11 is 3.21. The maximum atomic E-state index is 13.4. The Morgan fingerprint density at radius 2 is 2.00 bits per heavy atom. The number of hydrogen-bond acceptors (Lipinski definition) is 6. The number of nitrogens with zero attached hydrogens (tertiary/aromatic N) is 1. The third-order valence-electron chi connectivity index (χ3n) is 6.35. The van der Waals surface area contributed by atoms with Gasteiger partial charge in [0.15, 0.2) is 5.78 Å². The van der Waals surface area contributed by atoms with Crippen LogP contribution in [-0.4, -0.2) is 49.4 Å². The summed E-state index contributed by atoms with van der Waals surface area (Å²) in [6, 6.07) is 11.8. The molecule has 0 atom stereocenters. The number of thioether (sulfide) groups is 1. The van der Waals surface area contributed by atoms with Crippen LogP contribution in [0, 0.1) is 0 Å². The molecule has 3 aromatic rings. The quantitative estimate of drug-likeness (QED) is 0.608. The number of Topliss-reactive ketones (excluding diaryl/α,β-unsaturated/α-hetero) is 1. The first-order chi connectivity index (χ1) is 14.9. The molecule has 2 aliphatic heterocycles. The van der Waals surface area contributed by atoms with Gasteiger partial charge in [-0.1, -0.05) is 29.7 Å². The molecule has 31 heavy (non-hydrogen) atoms. The zero-order chi connectivity index (χ0) is 21.8. The molecule has 5 rings (SSSR count). The van der Waals surface area contributed by atoms with Gasteiger partial charge in [-0.25, -0.2) is 0 Å². The SMILES string of the molecule is Bc1ccc2c(c1)C(=O)CC1(CCN(C(=O)c3c(N)sc4c(OC)cccc34)CC1)S2. The summed E-state index contributed by atoms with van der Waals surface area (Å²) in [4.78, 5) is 29.2. The number of ether oxygens (including phenoxy) is 1. The fourth-order valence-electron chi connectivity index (χ4n) is 4.66. The van der Waals surface area contributed by atoms with Crippen LogP contribution in [0.1, 0.15) is 40.0 Å². The smallest absolute Gasteiger partial charge is 0.257 e. The summed E-state index contributed by atoms with van der Waals surface area (Å²) < 4.78 is 6.22. The Morgan fingerprint density at radius 3 is 2.74 bits per heavy atom. The number of fused-ring (bicyclic) bond motifs is 2. The first-order valence-corrected chi connectivity index (χ1v) is 12.0. The number of hydrogen-bond donors (Lipinski definition) is 1. The second-order valence-electron chi connectivity index (χ2n) is 8.36. The van der Waals surface area contributed by atoms with Crippen LogP contribution in [0.4, 0.5) is 5.00 Å². The van der Waals surface area contributed by atoms with E-state index >= 15 is 0 Å². The maximum Gasteiger partial charge on any atom is 0.257 e. The van der Waals surface area contributed by atoms with E-state index < -0.39 is 0 Å². The van der Waals surface area contributed by atoms with Crippen LogP contribution in [0.2, 0.25) is 0 Å². The lowest BCUT2D eigenvalue weighted by Crippen LogP contribution is -2.47. The van der Waals surface area contributed by atoms with E-state index in [1.807, 2.05) is 48.8 Å². The van der Waals surface area contributed by atoms with Gasteiger partial charge in [0.2, 0.25) is 0 Å². The van der Waals surface area contributed by atoms with E-state index in [0.717, 1.165) is 44.6 Å². The molecule has 3 heterocycles. The summed E-state index contributed by atoms with van der Waals surface area (Å²) in [5.74, 6) is 0.921. The molecule has 0 radical (unpaired) electrons. The number of piperidine rings is 1. The molecular formula is C23H23BN2O3S2. The number of ketones is 1. The van der Waals surface area contributed by atoms with Crippen LogP contribution in [0.25, 0.3) is 10.1 Å².